The molecule has 2 saturated heterocycles. The molecule has 2 rings (SSSR count). The molecule has 2 aliphatic heterocycles. The van der Waals surface area contributed by atoms with Crippen LogP contribution in [0, 0.1) is 0 Å². The standard InChI is InChI=1S/C15H29N3O2/c1-15(2,18-9-11-20-12-10-18)13-16-14(19)17-7-5-3-4-6-8-17/h3-13H2,1-2H3,(H,16,19). The first-order chi connectivity index (χ1) is 9.59. The Morgan fingerprint density at radius 1 is 1.05 bits per heavy atom. The second-order valence-electron chi connectivity index (χ2n) is 6.47. The molecule has 0 spiro atoms. The molecule has 2 aliphatic rings. The monoisotopic (exact) mass is 283 g/mol. The van der Waals surface area contributed by atoms with Gasteiger partial charge in [0, 0.05) is 38.3 Å². The smallest absolute Gasteiger partial charge is 0.317 e. The molecule has 0 radical (unpaired) electrons. The quantitative estimate of drug-likeness (QED) is 0.857. The van der Waals surface area contributed by atoms with Gasteiger partial charge in [-0.15, -0.1) is 0 Å². The number of hydrogen-bond donors (Lipinski definition) is 1. The van der Waals surface area contributed by atoms with Gasteiger partial charge in [-0.05, 0) is 26.7 Å². The number of urea groups is 1. The molecule has 0 aromatic carbocycles. The average Bonchev–Trinajstić information content (AvgIpc) is 2.75. The molecule has 1 N–H and O–H groups in total. The van der Waals surface area contributed by atoms with Crippen molar-refractivity contribution in [1.29, 1.82) is 0 Å². The van der Waals surface area contributed by atoms with Gasteiger partial charge in [-0.1, -0.05) is 12.8 Å². The van der Waals surface area contributed by atoms with Gasteiger partial charge in [0.1, 0.15) is 0 Å². The van der Waals surface area contributed by atoms with Crippen LogP contribution in [0.15, 0.2) is 0 Å². The highest BCUT2D eigenvalue weighted by molar-refractivity contribution is 5.74. The minimum Gasteiger partial charge on any atom is -0.379 e. The van der Waals surface area contributed by atoms with Crippen LogP contribution in [0.2, 0.25) is 0 Å². The number of ether oxygens (including phenoxy) is 1. The largest absolute Gasteiger partial charge is 0.379 e. The number of morpholine rings is 1. The minimum absolute atomic E-state index is 0.00864. The number of hydrogen-bond acceptors (Lipinski definition) is 3. The molecule has 0 unspecified atom stereocenters. The van der Waals surface area contributed by atoms with Crippen molar-refractivity contribution in [3.8, 4) is 0 Å². The van der Waals surface area contributed by atoms with Gasteiger partial charge in [-0.25, -0.2) is 4.79 Å². The normalized spacial score (nSPS) is 22.4. The van der Waals surface area contributed by atoms with E-state index in [2.05, 4.69) is 24.1 Å². The lowest BCUT2D eigenvalue weighted by atomic mass is 10.0. The van der Waals surface area contributed by atoms with Crippen molar-refractivity contribution in [2.45, 2.75) is 45.1 Å². The van der Waals surface area contributed by atoms with Gasteiger partial charge in [-0.2, -0.15) is 0 Å². The van der Waals surface area contributed by atoms with Gasteiger partial charge in [0.2, 0.25) is 0 Å². The molecular weight excluding hydrogens is 254 g/mol. The number of amides is 2. The van der Waals surface area contributed by atoms with E-state index in [9.17, 15) is 4.79 Å². The summed E-state index contributed by atoms with van der Waals surface area (Å²) in [5, 5.41) is 3.12. The lowest BCUT2D eigenvalue weighted by molar-refractivity contribution is -0.00903. The molecule has 2 fully saturated rings. The highest BCUT2D eigenvalue weighted by Gasteiger charge is 2.29. The summed E-state index contributed by atoms with van der Waals surface area (Å²) in [5.74, 6) is 0. The van der Waals surface area contributed by atoms with Crippen molar-refractivity contribution in [1.82, 2.24) is 15.1 Å². The van der Waals surface area contributed by atoms with Crippen molar-refractivity contribution < 1.29 is 9.53 Å². The molecule has 5 heteroatoms. The second kappa shape index (κ2) is 7.27. The molecule has 0 atom stereocenters. The Morgan fingerprint density at radius 2 is 1.65 bits per heavy atom. The van der Waals surface area contributed by atoms with Gasteiger partial charge in [0.15, 0.2) is 0 Å². The molecule has 0 aromatic heterocycles. The molecule has 5 nitrogen and oxygen atoms in total. The molecule has 0 aliphatic carbocycles. The van der Waals surface area contributed by atoms with Gasteiger partial charge in [-0.3, -0.25) is 4.90 Å². The van der Waals surface area contributed by atoms with Crippen LogP contribution < -0.4 is 5.32 Å². The predicted octanol–water partition coefficient (Wildman–Crippen LogP) is 1.68. The predicted molar refractivity (Wildman–Crippen MR) is 79.9 cm³/mol. The van der Waals surface area contributed by atoms with Crippen molar-refractivity contribution in [2.24, 2.45) is 0 Å². The Bertz CT molecular complexity index is 306. The summed E-state index contributed by atoms with van der Waals surface area (Å²) < 4.78 is 5.39. The van der Waals surface area contributed by atoms with E-state index in [1.807, 2.05) is 4.90 Å². The van der Waals surface area contributed by atoms with Crippen LogP contribution in [0.4, 0.5) is 4.79 Å². The van der Waals surface area contributed by atoms with E-state index in [0.717, 1.165) is 52.2 Å². The third-order valence-electron chi connectivity index (χ3n) is 4.43. The van der Waals surface area contributed by atoms with Crippen LogP contribution in [0.25, 0.3) is 0 Å². The highest BCUT2D eigenvalue weighted by Crippen LogP contribution is 2.15. The van der Waals surface area contributed by atoms with Crippen molar-refractivity contribution in [3.05, 3.63) is 0 Å². The lowest BCUT2D eigenvalue weighted by Crippen LogP contribution is -2.56. The molecule has 116 valence electrons. The highest BCUT2D eigenvalue weighted by atomic mass is 16.5. The maximum Gasteiger partial charge on any atom is 0.317 e. The molecule has 0 saturated carbocycles. The van der Waals surface area contributed by atoms with Crippen molar-refractivity contribution in [3.63, 3.8) is 0 Å². The summed E-state index contributed by atoms with van der Waals surface area (Å²) in [6.07, 6.45) is 4.78. The van der Waals surface area contributed by atoms with Crippen LogP contribution in [-0.4, -0.2) is 67.3 Å². The number of likely N-dealkylation sites (tertiary alicyclic amines) is 1. The number of carbonyl (C=O) groups excluding carboxylic acids is 1. The number of rotatable bonds is 3. The zero-order valence-corrected chi connectivity index (χ0v) is 13.0. The average molecular weight is 283 g/mol. The summed E-state index contributed by atoms with van der Waals surface area (Å²) >= 11 is 0. The summed E-state index contributed by atoms with van der Waals surface area (Å²) in [4.78, 5) is 16.6. The van der Waals surface area contributed by atoms with Gasteiger partial charge >= 0.3 is 6.03 Å². The zero-order valence-electron chi connectivity index (χ0n) is 13.0. The molecular formula is C15H29N3O2. The van der Waals surface area contributed by atoms with E-state index in [1.165, 1.54) is 12.8 Å². The van der Waals surface area contributed by atoms with Crippen molar-refractivity contribution >= 4 is 6.03 Å². The third kappa shape index (κ3) is 4.35. The van der Waals surface area contributed by atoms with Crippen LogP contribution in [-0.2, 0) is 4.74 Å². The molecule has 2 amide bonds. The summed E-state index contributed by atoms with van der Waals surface area (Å²) in [5.41, 5.74) is -0.00864. The first kappa shape index (κ1) is 15.6. The Hall–Kier alpha value is -0.810. The van der Waals surface area contributed by atoms with E-state index in [-0.39, 0.29) is 11.6 Å². The fraction of sp³-hybridized carbons (Fsp3) is 0.933. The second-order valence-corrected chi connectivity index (χ2v) is 6.47. The lowest BCUT2D eigenvalue weighted by Gasteiger charge is -2.41. The third-order valence-corrected chi connectivity index (χ3v) is 4.43. The van der Waals surface area contributed by atoms with Crippen LogP contribution in [0.3, 0.4) is 0 Å². The summed E-state index contributed by atoms with van der Waals surface area (Å²) in [7, 11) is 0. The molecule has 20 heavy (non-hydrogen) atoms. The fourth-order valence-electron chi connectivity index (χ4n) is 2.96. The van der Waals surface area contributed by atoms with Crippen LogP contribution in [0.5, 0.6) is 0 Å². The zero-order chi connectivity index (χ0) is 14.4. The maximum absolute atomic E-state index is 12.3. The molecule has 2 heterocycles. The summed E-state index contributed by atoms with van der Waals surface area (Å²) in [6.45, 7) is 10.4. The molecule has 0 bridgehead atoms. The first-order valence-electron chi connectivity index (χ1n) is 7.95. The maximum atomic E-state index is 12.3. The molecule has 0 aromatic rings. The Labute approximate surface area is 122 Å². The fourth-order valence-corrected chi connectivity index (χ4v) is 2.96. The van der Waals surface area contributed by atoms with Gasteiger partial charge in [0.05, 0.1) is 13.2 Å². The van der Waals surface area contributed by atoms with E-state index < -0.39 is 0 Å². The van der Waals surface area contributed by atoms with Crippen LogP contribution in [0.1, 0.15) is 39.5 Å². The Kier molecular flexibility index (Phi) is 5.66. The topological polar surface area (TPSA) is 44.8 Å². The SMILES string of the molecule is CC(C)(CNC(=O)N1CCCCCC1)N1CCOCC1. The Balaban J connectivity index is 1.78. The van der Waals surface area contributed by atoms with Crippen LogP contribution >= 0.6 is 0 Å². The number of nitrogens with zero attached hydrogens (tertiary/aromatic N) is 2. The minimum atomic E-state index is -0.00864. The number of carbonyl (C=O) groups is 1. The van der Waals surface area contributed by atoms with Gasteiger partial charge < -0.3 is 15.0 Å². The van der Waals surface area contributed by atoms with Gasteiger partial charge in [0.25, 0.3) is 0 Å². The first-order valence-corrected chi connectivity index (χ1v) is 7.95. The Morgan fingerprint density at radius 3 is 2.25 bits per heavy atom. The van der Waals surface area contributed by atoms with E-state index >= 15 is 0 Å². The van der Waals surface area contributed by atoms with E-state index in [0.29, 0.717) is 6.54 Å². The van der Waals surface area contributed by atoms with Crippen molar-refractivity contribution in [2.75, 3.05) is 45.9 Å². The van der Waals surface area contributed by atoms with E-state index in [1.54, 1.807) is 0 Å². The summed E-state index contributed by atoms with van der Waals surface area (Å²) in [6, 6.07) is 0.105. The van der Waals surface area contributed by atoms with E-state index in [4.69, 9.17) is 4.74 Å². The number of nitrogens with one attached hydrogen (secondary N) is 1.